The van der Waals surface area contributed by atoms with Gasteiger partial charge < -0.3 is 10.3 Å². The van der Waals surface area contributed by atoms with Crippen LogP contribution in [0.25, 0.3) is 11.4 Å². The van der Waals surface area contributed by atoms with E-state index < -0.39 is 0 Å². The molecule has 0 amide bonds. The zero-order valence-electron chi connectivity index (χ0n) is 10.6. The Morgan fingerprint density at radius 3 is 2.65 bits per heavy atom. The van der Waals surface area contributed by atoms with Crippen molar-refractivity contribution in [1.82, 2.24) is 14.8 Å². The summed E-state index contributed by atoms with van der Waals surface area (Å²) in [5.74, 6) is 1.75. The molecule has 0 spiro atoms. The third kappa shape index (κ3) is 1.96. The van der Waals surface area contributed by atoms with Crippen LogP contribution in [0, 0.1) is 13.8 Å². The normalized spacial score (nSPS) is 10.8. The molecule has 0 saturated carbocycles. The van der Waals surface area contributed by atoms with Gasteiger partial charge in [0.15, 0.2) is 5.82 Å². The predicted molar refractivity (Wildman–Crippen MR) is 68.5 cm³/mol. The molecular formula is C13H18N4. The van der Waals surface area contributed by atoms with Gasteiger partial charge in [0.25, 0.3) is 0 Å². The van der Waals surface area contributed by atoms with Gasteiger partial charge in [-0.15, -0.1) is 10.2 Å². The van der Waals surface area contributed by atoms with Crippen LogP contribution in [-0.2, 0) is 13.1 Å². The van der Waals surface area contributed by atoms with E-state index in [1.54, 1.807) is 0 Å². The van der Waals surface area contributed by atoms with Crippen LogP contribution in [0.3, 0.4) is 0 Å². The van der Waals surface area contributed by atoms with Crippen molar-refractivity contribution >= 4 is 0 Å². The maximum Gasteiger partial charge on any atom is 0.164 e. The molecule has 0 radical (unpaired) electrons. The van der Waals surface area contributed by atoms with Crippen molar-refractivity contribution in [3.05, 3.63) is 35.2 Å². The van der Waals surface area contributed by atoms with Crippen molar-refractivity contribution in [2.75, 3.05) is 0 Å². The van der Waals surface area contributed by atoms with Crippen LogP contribution in [0.4, 0.5) is 0 Å². The van der Waals surface area contributed by atoms with E-state index in [0.29, 0.717) is 6.54 Å². The van der Waals surface area contributed by atoms with E-state index in [2.05, 4.69) is 53.7 Å². The summed E-state index contributed by atoms with van der Waals surface area (Å²) in [7, 11) is 0. The molecule has 0 aliphatic heterocycles. The maximum absolute atomic E-state index is 5.66. The minimum atomic E-state index is 0.422. The lowest BCUT2D eigenvalue weighted by Crippen LogP contribution is -2.08. The first-order chi connectivity index (χ1) is 8.19. The molecule has 0 fully saturated rings. The van der Waals surface area contributed by atoms with Gasteiger partial charge in [0.05, 0.1) is 6.54 Å². The Labute approximate surface area is 101 Å². The van der Waals surface area contributed by atoms with Crippen LogP contribution in [0.5, 0.6) is 0 Å². The molecule has 0 bridgehead atoms. The fraction of sp³-hybridized carbons (Fsp3) is 0.385. The first kappa shape index (κ1) is 11.8. The van der Waals surface area contributed by atoms with Crippen molar-refractivity contribution < 1.29 is 0 Å². The van der Waals surface area contributed by atoms with E-state index in [-0.39, 0.29) is 0 Å². The second-order valence-corrected chi connectivity index (χ2v) is 4.14. The van der Waals surface area contributed by atoms with E-state index in [9.17, 15) is 0 Å². The highest BCUT2D eigenvalue weighted by Gasteiger charge is 2.13. The minimum Gasteiger partial charge on any atom is -0.324 e. The van der Waals surface area contributed by atoms with Crippen LogP contribution in [-0.4, -0.2) is 14.8 Å². The number of benzene rings is 1. The molecule has 0 atom stereocenters. The number of aromatic nitrogens is 3. The number of rotatable bonds is 3. The molecule has 0 aliphatic carbocycles. The molecule has 17 heavy (non-hydrogen) atoms. The van der Waals surface area contributed by atoms with E-state index in [4.69, 9.17) is 5.73 Å². The van der Waals surface area contributed by atoms with E-state index >= 15 is 0 Å². The van der Waals surface area contributed by atoms with Gasteiger partial charge >= 0.3 is 0 Å². The number of hydrogen-bond acceptors (Lipinski definition) is 3. The molecule has 90 valence electrons. The van der Waals surface area contributed by atoms with E-state index in [0.717, 1.165) is 23.8 Å². The lowest BCUT2D eigenvalue weighted by atomic mass is 10.0. The quantitative estimate of drug-likeness (QED) is 0.877. The zero-order valence-corrected chi connectivity index (χ0v) is 10.6. The van der Waals surface area contributed by atoms with Crippen LogP contribution in [0.15, 0.2) is 18.2 Å². The SMILES string of the molecule is CCn1c(CN)nnc1-c1cccc(C)c1C. The molecule has 1 aromatic carbocycles. The summed E-state index contributed by atoms with van der Waals surface area (Å²) < 4.78 is 2.07. The first-order valence-corrected chi connectivity index (χ1v) is 5.87. The summed E-state index contributed by atoms with van der Waals surface area (Å²) in [4.78, 5) is 0. The molecule has 4 nitrogen and oxygen atoms in total. The van der Waals surface area contributed by atoms with Crippen LogP contribution in [0.1, 0.15) is 23.9 Å². The fourth-order valence-electron chi connectivity index (χ4n) is 2.01. The average molecular weight is 230 g/mol. The van der Waals surface area contributed by atoms with Gasteiger partial charge in [0.2, 0.25) is 0 Å². The van der Waals surface area contributed by atoms with Gasteiger partial charge in [0.1, 0.15) is 5.82 Å². The van der Waals surface area contributed by atoms with Gasteiger partial charge in [-0.2, -0.15) is 0 Å². The third-order valence-electron chi connectivity index (χ3n) is 3.17. The van der Waals surface area contributed by atoms with Gasteiger partial charge in [-0.3, -0.25) is 0 Å². The Balaban J connectivity index is 2.60. The second-order valence-electron chi connectivity index (χ2n) is 4.14. The largest absolute Gasteiger partial charge is 0.324 e. The first-order valence-electron chi connectivity index (χ1n) is 5.87. The maximum atomic E-state index is 5.66. The lowest BCUT2D eigenvalue weighted by molar-refractivity contribution is 0.704. The molecule has 4 heteroatoms. The summed E-state index contributed by atoms with van der Waals surface area (Å²) >= 11 is 0. The van der Waals surface area contributed by atoms with Crippen LogP contribution in [0.2, 0.25) is 0 Å². The summed E-state index contributed by atoms with van der Waals surface area (Å²) in [5, 5.41) is 8.40. The topological polar surface area (TPSA) is 56.7 Å². The fourth-order valence-corrected chi connectivity index (χ4v) is 2.01. The summed E-state index contributed by atoms with van der Waals surface area (Å²) in [6, 6.07) is 6.24. The van der Waals surface area contributed by atoms with Crippen molar-refractivity contribution in [2.24, 2.45) is 5.73 Å². The van der Waals surface area contributed by atoms with E-state index in [1.807, 2.05) is 0 Å². The second kappa shape index (κ2) is 4.67. The van der Waals surface area contributed by atoms with Crippen molar-refractivity contribution in [3.63, 3.8) is 0 Å². The molecule has 2 rings (SSSR count). The lowest BCUT2D eigenvalue weighted by Gasteiger charge is -2.10. The number of aryl methyl sites for hydroxylation is 1. The molecule has 1 aromatic heterocycles. The van der Waals surface area contributed by atoms with Crippen molar-refractivity contribution in [1.29, 1.82) is 0 Å². The Morgan fingerprint density at radius 2 is 2.00 bits per heavy atom. The molecule has 1 heterocycles. The number of nitrogens with zero attached hydrogens (tertiary/aromatic N) is 3. The van der Waals surface area contributed by atoms with Crippen molar-refractivity contribution in [2.45, 2.75) is 33.9 Å². The van der Waals surface area contributed by atoms with Gasteiger partial charge in [0, 0.05) is 12.1 Å². The van der Waals surface area contributed by atoms with Gasteiger partial charge in [-0.05, 0) is 31.9 Å². The minimum absolute atomic E-state index is 0.422. The Bertz CT molecular complexity index is 528. The average Bonchev–Trinajstić information content (AvgIpc) is 2.75. The molecular weight excluding hydrogens is 212 g/mol. The molecule has 2 aromatic rings. The van der Waals surface area contributed by atoms with Crippen LogP contribution >= 0.6 is 0 Å². The predicted octanol–water partition coefficient (Wildman–Crippen LogP) is 2.04. The molecule has 0 unspecified atom stereocenters. The number of nitrogens with two attached hydrogens (primary N) is 1. The monoisotopic (exact) mass is 230 g/mol. The molecule has 0 aliphatic rings. The summed E-state index contributed by atoms with van der Waals surface area (Å²) in [6.07, 6.45) is 0. The van der Waals surface area contributed by atoms with Gasteiger partial charge in [-0.1, -0.05) is 18.2 Å². The Morgan fingerprint density at radius 1 is 1.24 bits per heavy atom. The molecule has 0 saturated heterocycles. The number of hydrogen-bond donors (Lipinski definition) is 1. The Hall–Kier alpha value is -1.68. The van der Waals surface area contributed by atoms with Gasteiger partial charge in [-0.25, -0.2) is 0 Å². The summed E-state index contributed by atoms with van der Waals surface area (Å²) in [5.41, 5.74) is 9.31. The van der Waals surface area contributed by atoms with Crippen molar-refractivity contribution in [3.8, 4) is 11.4 Å². The zero-order chi connectivity index (χ0) is 12.4. The smallest absolute Gasteiger partial charge is 0.164 e. The third-order valence-corrected chi connectivity index (χ3v) is 3.17. The summed E-state index contributed by atoms with van der Waals surface area (Å²) in [6.45, 7) is 7.56. The standard InChI is InChI=1S/C13H18N4/c1-4-17-12(8-14)15-16-13(17)11-7-5-6-9(2)10(11)3/h5-7H,4,8,14H2,1-3H3. The Kier molecular flexibility index (Phi) is 3.24. The highest BCUT2D eigenvalue weighted by atomic mass is 15.3. The highest BCUT2D eigenvalue weighted by Crippen LogP contribution is 2.24. The highest BCUT2D eigenvalue weighted by molar-refractivity contribution is 5.62. The van der Waals surface area contributed by atoms with Crippen LogP contribution < -0.4 is 5.73 Å². The molecule has 2 N–H and O–H groups in total. The van der Waals surface area contributed by atoms with E-state index in [1.165, 1.54) is 11.1 Å².